The molecule has 1 amide bonds. The van der Waals surface area contributed by atoms with Crippen LogP contribution in [-0.4, -0.2) is 19.1 Å². The number of rotatable bonds is 10. The molecule has 0 heterocycles. The van der Waals surface area contributed by atoms with Crippen molar-refractivity contribution in [3.63, 3.8) is 0 Å². The molecule has 0 aliphatic carbocycles. The fourth-order valence-electron chi connectivity index (χ4n) is 2.73. The van der Waals surface area contributed by atoms with Crippen LogP contribution in [0.2, 0.25) is 0 Å². The number of nitrogens with one attached hydrogen (secondary N) is 1. The summed E-state index contributed by atoms with van der Waals surface area (Å²) in [5.41, 5.74) is 2.08. The van der Waals surface area contributed by atoms with Crippen LogP contribution in [0.5, 0.6) is 11.5 Å². The maximum Gasteiger partial charge on any atom is 0.387 e. The van der Waals surface area contributed by atoms with Gasteiger partial charge in [0.05, 0.1) is 6.61 Å². The van der Waals surface area contributed by atoms with Gasteiger partial charge in [0.15, 0.2) is 11.5 Å². The fourth-order valence-corrected chi connectivity index (χ4v) is 2.73. The average molecular weight is 414 g/mol. The molecular formula is C23H24F2N2O3. The van der Waals surface area contributed by atoms with Crippen molar-refractivity contribution in [1.29, 1.82) is 5.26 Å². The van der Waals surface area contributed by atoms with Gasteiger partial charge in [-0.15, -0.1) is 0 Å². The molecule has 0 fully saturated rings. The summed E-state index contributed by atoms with van der Waals surface area (Å²) in [5, 5.41) is 12.1. The summed E-state index contributed by atoms with van der Waals surface area (Å²) in [6.45, 7) is 1.09. The first-order valence-corrected chi connectivity index (χ1v) is 9.70. The normalized spacial score (nSPS) is 11.1. The van der Waals surface area contributed by atoms with E-state index >= 15 is 0 Å². The highest BCUT2D eigenvalue weighted by atomic mass is 19.3. The number of aryl methyl sites for hydroxylation is 1. The summed E-state index contributed by atoms with van der Waals surface area (Å²) in [6.07, 6.45) is 4.54. The Morgan fingerprint density at radius 2 is 1.90 bits per heavy atom. The molecule has 5 nitrogen and oxygen atoms in total. The minimum Gasteiger partial charge on any atom is -0.490 e. The molecule has 0 bridgehead atoms. The second kappa shape index (κ2) is 11.6. The van der Waals surface area contributed by atoms with Crippen LogP contribution in [0.1, 0.15) is 37.8 Å². The molecule has 2 rings (SSSR count). The molecule has 0 spiro atoms. The number of nitrogens with zero attached hydrogens (tertiary/aromatic N) is 1. The average Bonchev–Trinajstić information content (AvgIpc) is 2.73. The monoisotopic (exact) mass is 414 g/mol. The van der Waals surface area contributed by atoms with Gasteiger partial charge >= 0.3 is 6.61 Å². The van der Waals surface area contributed by atoms with Gasteiger partial charge in [0.25, 0.3) is 5.91 Å². The smallest absolute Gasteiger partial charge is 0.387 e. The Labute approximate surface area is 174 Å². The van der Waals surface area contributed by atoms with Gasteiger partial charge < -0.3 is 14.8 Å². The first-order chi connectivity index (χ1) is 14.5. The van der Waals surface area contributed by atoms with E-state index in [1.54, 1.807) is 19.1 Å². The zero-order valence-corrected chi connectivity index (χ0v) is 17.0. The van der Waals surface area contributed by atoms with E-state index in [1.165, 1.54) is 29.8 Å². The molecule has 0 radical (unpaired) electrons. The van der Waals surface area contributed by atoms with Crippen LogP contribution in [0, 0.1) is 11.3 Å². The van der Waals surface area contributed by atoms with Crippen molar-refractivity contribution in [3.05, 3.63) is 59.2 Å². The molecule has 2 aromatic carbocycles. The largest absolute Gasteiger partial charge is 0.490 e. The number of hydrogen-bond acceptors (Lipinski definition) is 4. The molecule has 30 heavy (non-hydrogen) atoms. The lowest BCUT2D eigenvalue weighted by Crippen LogP contribution is -2.13. The molecule has 0 aromatic heterocycles. The molecular weight excluding hydrogens is 390 g/mol. The number of carbonyl (C=O) groups is 1. The number of carbonyl (C=O) groups excluding carboxylic acids is 1. The predicted molar refractivity (Wildman–Crippen MR) is 112 cm³/mol. The van der Waals surface area contributed by atoms with Crippen molar-refractivity contribution in [1.82, 2.24) is 0 Å². The molecule has 0 saturated heterocycles. The highest BCUT2D eigenvalue weighted by Gasteiger charge is 2.13. The van der Waals surface area contributed by atoms with Crippen LogP contribution >= 0.6 is 0 Å². The summed E-state index contributed by atoms with van der Waals surface area (Å²) in [4.78, 5) is 12.5. The highest BCUT2D eigenvalue weighted by molar-refractivity contribution is 6.09. The second-order valence-electron chi connectivity index (χ2n) is 6.44. The highest BCUT2D eigenvalue weighted by Crippen LogP contribution is 2.30. The minimum atomic E-state index is -2.99. The zero-order chi connectivity index (χ0) is 21.9. The van der Waals surface area contributed by atoms with Crippen LogP contribution in [-0.2, 0) is 11.2 Å². The van der Waals surface area contributed by atoms with Crippen molar-refractivity contribution in [3.8, 4) is 17.6 Å². The molecule has 0 unspecified atom stereocenters. The van der Waals surface area contributed by atoms with Crippen LogP contribution in [0.25, 0.3) is 6.08 Å². The third kappa shape index (κ3) is 6.89. The zero-order valence-electron chi connectivity index (χ0n) is 17.0. The van der Waals surface area contributed by atoms with Gasteiger partial charge in [0, 0.05) is 5.69 Å². The Kier molecular flexibility index (Phi) is 8.82. The van der Waals surface area contributed by atoms with Crippen molar-refractivity contribution in [2.45, 2.75) is 39.7 Å². The van der Waals surface area contributed by atoms with Crippen molar-refractivity contribution >= 4 is 17.7 Å². The topological polar surface area (TPSA) is 71.4 Å². The summed E-state index contributed by atoms with van der Waals surface area (Å²) in [6, 6.07) is 13.5. The fraction of sp³-hybridized carbons (Fsp3) is 0.304. The van der Waals surface area contributed by atoms with E-state index in [2.05, 4.69) is 17.0 Å². The van der Waals surface area contributed by atoms with Crippen molar-refractivity contribution < 1.29 is 23.0 Å². The molecule has 0 atom stereocenters. The van der Waals surface area contributed by atoms with Gasteiger partial charge in [-0.25, -0.2) is 0 Å². The first-order valence-electron chi connectivity index (χ1n) is 9.70. The molecule has 7 heteroatoms. The van der Waals surface area contributed by atoms with E-state index < -0.39 is 12.5 Å². The first kappa shape index (κ1) is 22.9. The summed E-state index contributed by atoms with van der Waals surface area (Å²) in [7, 11) is 0. The van der Waals surface area contributed by atoms with Gasteiger partial charge in [-0.05, 0) is 61.2 Å². The molecule has 1 N–H and O–H groups in total. The van der Waals surface area contributed by atoms with E-state index in [0.29, 0.717) is 11.3 Å². The number of anilines is 1. The number of hydrogen-bond donors (Lipinski definition) is 1. The van der Waals surface area contributed by atoms with Gasteiger partial charge in [-0.2, -0.15) is 14.0 Å². The van der Waals surface area contributed by atoms with E-state index in [1.807, 2.05) is 18.2 Å². The summed E-state index contributed by atoms with van der Waals surface area (Å²) < 4.78 is 34.8. The summed E-state index contributed by atoms with van der Waals surface area (Å²) >= 11 is 0. The maximum absolute atomic E-state index is 12.5. The minimum absolute atomic E-state index is 0.104. The number of halogens is 2. The van der Waals surface area contributed by atoms with E-state index in [-0.39, 0.29) is 23.7 Å². The molecule has 158 valence electrons. The quantitative estimate of drug-likeness (QED) is 0.407. The number of amides is 1. The van der Waals surface area contributed by atoms with Crippen LogP contribution in [0.4, 0.5) is 14.5 Å². The van der Waals surface area contributed by atoms with E-state index in [0.717, 1.165) is 19.3 Å². The van der Waals surface area contributed by atoms with E-state index in [9.17, 15) is 18.8 Å². The Bertz CT molecular complexity index is 919. The Morgan fingerprint density at radius 1 is 1.17 bits per heavy atom. The molecule has 0 aliphatic heterocycles. The number of ether oxygens (including phenoxy) is 2. The number of alkyl halides is 2. The molecule has 0 aliphatic rings. The Hall–Kier alpha value is -3.40. The van der Waals surface area contributed by atoms with Crippen LogP contribution < -0.4 is 14.8 Å². The standard InChI is InChI=1S/C23H24F2N2O3/c1-3-5-6-16-7-10-19(11-8-16)27-22(28)18(15-26)13-17-9-12-20(30-23(24)25)21(14-17)29-4-2/h7-14,23H,3-6H2,1-2H3,(H,27,28)/b18-13+. The second-order valence-corrected chi connectivity index (χ2v) is 6.44. The van der Waals surface area contributed by atoms with Gasteiger partial charge in [-0.1, -0.05) is 31.5 Å². The van der Waals surface area contributed by atoms with E-state index in [4.69, 9.17) is 4.74 Å². The lowest BCUT2D eigenvalue weighted by Gasteiger charge is -2.12. The number of nitriles is 1. The third-order valence-corrected chi connectivity index (χ3v) is 4.19. The van der Waals surface area contributed by atoms with Crippen molar-refractivity contribution in [2.24, 2.45) is 0 Å². The van der Waals surface area contributed by atoms with Crippen LogP contribution in [0.3, 0.4) is 0 Å². The maximum atomic E-state index is 12.5. The molecule has 0 saturated carbocycles. The summed E-state index contributed by atoms with van der Waals surface area (Å²) in [5.74, 6) is -0.577. The SMILES string of the molecule is CCCCc1ccc(NC(=O)/C(C#N)=C/c2ccc(OC(F)F)c(OCC)c2)cc1. The lowest BCUT2D eigenvalue weighted by molar-refractivity contribution is -0.112. The third-order valence-electron chi connectivity index (χ3n) is 4.19. The van der Waals surface area contributed by atoms with Crippen LogP contribution in [0.15, 0.2) is 48.0 Å². The Balaban J connectivity index is 2.16. The number of unbranched alkanes of at least 4 members (excludes halogenated alkanes) is 1. The van der Waals surface area contributed by atoms with Gasteiger partial charge in [0.1, 0.15) is 11.6 Å². The van der Waals surface area contributed by atoms with Crippen molar-refractivity contribution in [2.75, 3.05) is 11.9 Å². The van der Waals surface area contributed by atoms with Gasteiger partial charge in [-0.3, -0.25) is 4.79 Å². The Morgan fingerprint density at radius 3 is 2.50 bits per heavy atom. The number of benzene rings is 2. The molecule has 2 aromatic rings. The van der Waals surface area contributed by atoms with Gasteiger partial charge in [0.2, 0.25) is 0 Å². The lowest BCUT2D eigenvalue weighted by atomic mass is 10.1. The predicted octanol–water partition coefficient (Wildman–Crippen LogP) is 5.57.